The highest BCUT2D eigenvalue weighted by atomic mass is 16.3. The summed E-state index contributed by atoms with van der Waals surface area (Å²) < 4.78 is 17.1. The number of rotatable bonds is 1. The maximum absolute atomic E-state index is 6.43. The predicted octanol–water partition coefficient (Wildman–Crippen LogP) is 6.87. The van der Waals surface area contributed by atoms with Crippen molar-refractivity contribution in [1.29, 1.82) is 0 Å². The maximum atomic E-state index is 6.43. The molecule has 0 fully saturated rings. The van der Waals surface area contributed by atoms with E-state index >= 15 is 0 Å². The molecule has 0 amide bonds. The van der Waals surface area contributed by atoms with E-state index in [1.54, 1.807) is 0 Å². The van der Waals surface area contributed by atoms with Crippen molar-refractivity contribution in [3.63, 3.8) is 0 Å². The molecule has 0 radical (unpaired) electrons. The van der Waals surface area contributed by atoms with Crippen LogP contribution in [0.15, 0.2) is 81.6 Å². The molecule has 7 rings (SSSR count). The lowest BCUT2D eigenvalue weighted by molar-refractivity contribution is -0.652. The van der Waals surface area contributed by atoms with Gasteiger partial charge in [-0.2, -0.15) is 4.57 Å². The number of furan rings is 2. The number of aryl methyl sites for hydroxylation is 2. The molecule has 0 N–H and O–H groups in total. The first kappa shape index (κ1) is 17.6. The van der Waals surface area contributed by atoms with Gasteiger partial charge in [-0.3, -0.25) is 0 Å². The topological polar surface area (TPSA) is 35.1 Å². The van der Waals surface area contributed by atoms with E-state index in [1.807, 2.05) is 24.3 Å². The van der Waals surface area contributed by atoms with Crippen molar-refractivity contribution in [1.82, 2.24) is 4.57 Å². The SMILES string of the molecule is Cc1ccc2c(oc3ccccc32)c1-n1c(C)[n+](C)c2cc3oc4ccccc4c3cc21. The molecular formula is C28H21N2O2+. The summed E-state index contributed by atoms with van der Waals surface area (Å²) in [5.74, 6) is 1.13. The molecule has 0 bridgehead atoms. The van der Waals surface area contributed by atoms with Gasteiger partial charge in [-0.05, 0) is 25.1 Å². The monoisotopic (exact) mass is 417 g/mol. The Morgan fingerprint density at radius 1 is 0.688 bits per heavy atom. The van der Waals surface area contributed by atoms with E-state index in [4.69, 9.17) is 8.83 Å². The second kappa shape index (κ2) is 6.01. The maximum Gasteiger partial charge on any atom is 0.259 e. The lowest BCUT2D eigenvalue weighted by atomic mass is 10.1. The van der Waals surface area contributed by atoms with E-state index in [0.717, 1.165) is 66.4 Å². The third-order valence-electron chi connectivity index (χ3n) is 6.83. The van der Waals surface area contributed by atoms with Crippen LogP contribution in [0.5, 0.6) is 0 Å². The van der Waals surface area contributed by atoms with Gasteiger partial charge in [0.1, 0.15) is 16.7 Å². The lowest BCUT2D eigenvalue weighted by Crippen LogP contribution is -2.30. The molecule has 0 aliphatic heterocycles. The molecule has 0 aliphatic carbocycles. The summed E-state index contributed by atoms with van der Waals surface area (Å²) in [5, 5.41) is 4.54. The van der Waals surface area contributed by atoms with Crippen LogP contribution in [0.4, 0.5) is 0 Å². The average molecular weight is 417 g/mol. The number of imidazole rings is 1. The fourth-order valence-electron chi connectivity index (χ4n) is 5.13. The standard InChI is InChI=1S/C28H21N2O2/c1-16-12-13-20-18-8-4-7-11-25(18)32-28(20)27(16)30-17(2)29(3)22-15-26-21(14-23(22)30)19-9-5-6-10-24(19)31-26/h4-15H,1-3H3/q+1. The third-order valence-corrected chi connectivity index (χ3v) is 6.83. The number of para-hydroxylation sites is 2. The van der Waals surface area contributed by atoms with Gasteiger partial charge in [0.25, 0.3) is 5.82 Å². The fourth-order valence-corrected chi connectivity index (χ4v) is 5.13. The van der Waals surface area contributed by atoms with Crippen molar-refractivity contribution in [2.75, 3.05) is 0 Å². The van der Waals surface area contributed by atoms with Crippen molar-refractivity contribution >= 4 is 54.9 Å². The number of aromatic nitrogens is 2. The molecule has 4 nitrogen and oxygen atoms in total. The molecule has 0 spiro atoms. The minimum Gasteiger partial charge on any atom is -0.456 e. The average Bonchev–Trinajstić information content (AvgIpc) is 3.43. The number of nitrogens with zero attached hydrogens (tertiary/aromatic N) is 2. The van der Waals surface area contributed by atoms with Gasteiger partial charge < -0.3 is 8.83 Å². The Hall–Kier alpha value is -4.05. The summed E-state index contributed by atoms with van der Waals surface area (Å²) in [6, 6.07) is 25.2. The zero-order chi connectivity index (χ0) is 21.6. The van der Waals surface area contributed by atoms with Crippen LogP contribution >= 0.6 is 0 Å². The van der Waals surface area contributed by atoms with E-state index in [9.17, 15) is 0 Å². The van der Waals surface area contributed by atoms with Crippen molar-refractivity contribution in [3.05, 3.63) is 84.2 Å². The van der Waals surface area contributed by atoms with Crippen LogP contribution in [0, 0.1) is 13.8 Å². The fraction of sp³-hybridized carbons (Fsp3) is 0.107. The van der Waals surface area contributed by atoms with E-state index in [1.165, 1.54) is 5.56 Å². The third kappa shape index (κ3) is 2.14. The Bertz CT molecular complexity index is 1860. The number of hydrogen-bond donors (Lipinski definition) is 0. The molecule has 4 heteroatoms. The highest BCUT2D eigenvalue weighted by Gasteiger charge is 2.27. The molecule has 7 aromatic rings. The molecule has 3 heterocycles. The summed E-state index contributed by atoms with van der Waals surface area (Å²) >= 11 is 0. The zero-order valence-electron chi connectivity index (χ0n) is 18.1. The Morgan fingerprint density at radius 3 is 2.16 bits per heavy atom. The lowest BCUT2D eigenvalue weighted by Gasteiger charge is -2.05. The highest BCUT2D eigenvalue weighted by Crippen LogP contribution is 2.38. The molecule has 4 aromatic carbocycles. The first-order valence-electron chi connectivity index (χ1n) is 10.9. The van der Waals surface area contributed by atoms with E-state index < -0.39 is 0 Å². The van der Waals surface area contributed by atoms with Crippen LogP contribution in [0.3, 0.4) is 0 Å². The molecule has 154 valence electrons. The van der Waals surface area contributed by atoms with Crippen LogP contribution < -0.4 is 4.57 Å². The van der Waals surface area contributed by atoms with Crippen LogP contribution in [-0.2, 0) is 7.05 Å². The number of hydrogen-bond acceptors (Lipinski definition) is 2. The van der Waals surface area contributed by atoms with Gasteiger partial charge in [0.05, 0.1) is 7.05 Å². The van der Waals surface area contributed by atoms with Gasteiger partial charge in [-0.25, -0.2) is 4.57 Å². The molecular weight excluding hydrogens is 396 g/mol. The van der Waals surface area contributed by atoms with E-state index in [0.29, 0.717) is 0 Å². The molecule has 3 aromatic heterocycles. The summed E-state index contributed by atoms with van der Waals surface area (Å²) in [6.45, 7) is 4.31. The van der Waals surface area contributed by atoms with Gasteiger partial charge >= 0.3 is 0 Å². The van der Waals surface area contributed by atoms with Gasteiger partial charge in [0.2, 0.25) is 0 Å². The highest BCUT2D eigenvalue weighted by molar-refractivity contribution is 6.10. The van der Waals surface area contributed by atoms with E-state index in [-0.39, 0.29) is 0 Å². The number of fused-ring (bicyclic) bond motifs is 7. The van der Waals surface area contributed by atoms with E-state index in [2.05, 4.69) is 78.6 Å². The minimum absolute atomic E-state index is 0.908. The zero-order valence-corrected chi connectivity index (χ0v) is 18.1. The molecule has 32 heavy (non-hydrogen) atoms. The number of benzene rings is 4. The smallest absolute Gasteiger partial charge is 0.259 e. The van der Waals surface area contributed by atoms with Crippen LogP contribution in [0.2, 0.25) is 0 Å². The molecule has 0 atom stereocenters. The van der Waals surface area contributed by atoms with Gasteiger partial charge in [0, 0.05) is 46.2 Å². The van der Waals surface area contributed by atoms with Gasteiger partial charge in [0.15, 0.2) is 22.3 Å². The van der Waals surface area contributed by atoms with Crippen molar-refractivity contribution in [2.45, 2.75) is 13.8 Å². The molecule has 0 saturated carbocycles. The summed E-state index contributed by atoms with van der Waals surface area (Å²) in [4.78, 5) is 0. The predicted molar refractivity (Wildman–Crippen MR) is 128 cm³/mol. The first-order chi connectivity index (χ1) is 15.6. The van der Waals surface area contributed by atoms with Crippen LogP contribution in [-0.4, -0.2) is 4.57 Å². The Labute approximate surface area is 183 Å². The molecule has 0 aliphatic rings. The van der Waals surface area contributed by atoms with Crippen molar-refractivity contribution in [3.8, 4) is 5.69 Å². The molecule has 0 unspecified atom stereocenters. The normalized spacial score (nSPS) is 12.2. The largest absolute Gasteiger partial charge is 0.456 e. The second-order valence-corrected chi connectivity index (χ2v) is 8.58. The van der Waals surface area contributed by atoms with Gasteiger partial charge in [-0.1, -0.05) is 42.5 Å². The first-order valence-corrected chi connectivity index (χ1v) is 10.9. The Balaban J connectivity index is 1.66. The summed E-state index contributed by atoms with van der Waals surface area (Å²) in [5.41, 5.74) is 8.19. The van der Waals surface area contributed by atoms with Crippen LogP contribution in [0.1, 0.15) is 11.4 Å². The summed E-state index contributed by atoms with van der Waals surface area (Å²) in [7, 11) is 2.11. The Kier molecular flexibility index (Phi) is 3.31. The van der Waals surface area contributed by atoms with Crippen LogP contribution in [0.25, 0.3) is 60.6 Å². The van der Waals surface area contributed by atoms with Crippen molar-refractivity contribution in [2.24, 2.45) is 7.05 Å². The quantitative estimate of drug-likeness (QED) is 0.273. The summed E-state index contributed by atoms with van der Waals surface area (Å²) in [6.07, 6.45) is 0. The minimum atomic E-state index is 0.908. The Morgan fingerprint density at radius 2 is 1.38 bits per heavy atom. The van der Waals surface area contributed by atoms with Crippen molar-refractivity contribution < 1.29 is 13.4 Å². The van der Waals surface area contributed by atoms with Gasteiger partial charge in [-0.15, -0.1) is 0 Å². The second-order valence-electron chi connectivity index (χ2n) is 8.58. The molecule has 0 saturated heterocycles.